The first kappa shape index (κ1) is 24.8. The van der Waals surface area contributed by atoms with Crippen molar-refractivity contribution in [3.8, 4) is 0 Å². The molecule has 1 aliphatic heterocycles. The van der Waals surface area contributed by atoms with Crippen LogP contribution >= 0.6 is 0 Å². The van der Waals surface area contributed by atoms with Crippen LogP contribution in [-0.4, -0.2) is 63.1 Å². The highest BCUT2D eigenvalue weighted by atomic mass is 32.2. The third kappa shape index (κ3) is 5.86. The van der Waals surface area contributed by atoms with Crippen molar-refractivity contribution in [2.24, 2.45) is 0 Å². The van der Waals surface area contributed by atoms with Crippen LogP contribution in [0.25, 0.3) is 0 Å². The van der Waals surface area contributed by atoms with Gasteiger partial charge in [0.2, 0.25) is 15.9 Å². The summed E-state index contributed by atoms with van der Waals surface area (Å²) >= 11 is 0. The molecule has 3 aromatic rings. The van der Waals surface area contributed by atoms with Crippen LogP contribution in [0, 0.1) is 11.6 Å². The van der Waals surface area contributed by atoms with Gasteiger partial charge in [0, 0.05) is 32.2 Å². The van der Waals surface area contributed by atoms with Crippen molar-refractivity contribution in [2.45, 2.75) is 6.04 Å². The van der Waals surface area contributed by atoms with Crippen molar-refractivity contribution in [1.82, 2.24) is 9.80 Å². The summed E-state index contributed by atoms with van der Waals surface area (Å²) in [5.41, 5.74) is 2.21. The first-order valence-electron chi connectivity index (χ1n) is 11.3. The molecule has 0 aliphatic carbocycles. The maximum absolute atomic E-state index is 13.7. The van der Waals surface area contributed by atoms with E-state index in [1.165, 1.54) is 0 Å². The lowest BCUT2D eigenvalue weighted by molar-refractivity contribution is -0.131. The van der Waals surface area contributed by atoms with Crippen LogP contribution in [0.15, 0.2) is 78.9 Å². The Balaban J connectivity index is 1.48. The van der Waals surface area contributed by atoms with Crippen LogP contribution in [0.4, 0.5) is 14.5 Å². The van der Waals surface area contributed by atoms with E-state index < -0.39 is 34.1 Å². The van der Waals surface area contributed by atoms with E-state index in [1.54, 1.807) is 4.90 Å². The second-order valence-corrected chi connectivity index (χ2v) is 10.4. The van der Waals surface area contributed by atoms with Gasteiger partial charge in [0.15, 0.2) is 11.6 Å². The van der Waals surface area contributed by atoms with Crippen LogP contribution in [0.3, 0.4) is 0 Å². The Labute approximate surface area is 204 Å². The fourth-order valence-electron chi connectivity index (χ4n) is 4.38. The van der Waals surface area contributed by atoms with Crippen molar-refractivity contribution in [1.29, 1.82) is 0 Å². The molecule has 1 fully saturated rings. The molecule has 184 valence electrons. The average Bonchev–Trinajstić information content (AvgIpc) is 2.85. The minimum atomic E-state index is -3.89. The minimum Gasteiger partial charge on any atom is -0.339 e. The van der Waals surface area contributed by atoms with E-state index in [1.807, 2.05) is 36.4 Å². The summed E-state index contributed by atoms with van der Waals surface area (Å²) in [6.45, 7) is 1.56. The topological polar surface area (TPSA) is 60.9 Å². The number of benzene rings is 3. The van der Waals surface area contributed by atoms with Gasteiger partial charge in [0.05, 0.1) is 18.0 Å². The van der Waals surface area contributed by atoms with Crippen molar-refractivity contribution < 1.29 is 22.0 Å². The van der Waals surface area contributed by atoms with Gasteiger partial charge in [-0.3, -0.25) is 14.0 Å². The molecule has 35 heavy (non-hydrogen) atoms. The van der Waals surface area contributed by atoms with Gasteiger partial charge < -0.3 is 4.90 Å². The lowest BCUT2D eigenvalue weighted by atomic mass is 9.96. The number of nitrogens with zero attached hydrogens (tertiary/aromatic N) is 3. The first-order chi connectivity index (χ1) is 16.7. The van der Waals surface area contributed by atoms with Gasteiger partial charge >= 0.3 is 0 Å². The van der Waals surface area contributed by atoms with Crippen molar-refractivity contribution in [2.75, 3.05) is 43.3 Å². The van der Waals surface area contributed by atoms with Crippen molar-refractivity contribution in [3.63, 3.8) is 0 Å². The fourth-order valence-corrected chi connectivity index (χ4v) is 5.22. The summed E-state index contributed by atoms with van der Waals surface area (Å²) in [5.74, 6) is -2.66. The number of carbonyl (C=O) groups is 1. The number of piperazine rings is 1. The third-order valence-electron chi connectivity index (χ3n) is 6.13. The number of rotatable bonds is 7. The smallest absolute Gasteiger partial charge is 0.243 e. The summed E-state index contributed by atoms with van der Waals surface area (Å²) in [7, 11) is -3.89. The van der Waals surface area contributed by atoms with Crippen molar-refractivity contribution in [3.05, 3.63) is 102 Å². The van der Waals surface area contributed by atoms with Crippen LogP contribution in [0.2, 0.25) is 0 Å². The van der Waals surface area contributed by atoms with Gasteiger partial charge in [-0.1, -0.05) is 60.7 Å². The van der Waals surface area contributed by atoms with E-state index >= 15 is 0 Å². The van der Waals surface area contributed by atoms with Crippen LogP contribution < -0.4 is 4.31 Å². The highest BCUT2D eigenvalue weighted by Crippen LogP contribution is 2.29. The summed E-state index contributed by atoms with van der Waals surface area (Å²) in [5, 5.41) is 0. The van der Waals surface area contributed by atoms with Gasteiger partial charge in [0.1, 0.15) is 6.54 Å². The molecule has 0 aromatic heterocycles. The number of sulfonamides is 1. The lowest BCUT2D eigenvalue weighted by Gasteiger charge is -2.40. The third-order valence-corrected chi connectivity index (χ3v) is 7.27. The standard InChI is InChI=1S/C26H27F2N3O3S/c1-35(33,34)31(22-12-13-23(27)24(28)18-22)19-25(32)29-14-16-30(17-15-29)26(20-8-4-2-5-9-20)21-10-6-3-7-11-21/h2-13,18,26H,14-17,19H2,1H3. The number of anilines is 1. The van der Waals surface area contributed by atoms with E-state index in [0.29, 0.717) is 26.2 Å². The molecule has 1 saturated heterocycles. The summed E-state index contributed by atoms with van der Waals surface area (Å²) < 4.78 is 52.5. The maximum Gasteiger partial charge on any atom is 0.243 e. The van der Waals surface area contributed by atoms with E-state index in [2.05, 4.69) is 29.2 Å². The zero-order valence-corrected chi connectivity index (χ0v) is 20.2. The maximum atomic E-state index is 13.7. The molecule has 6 nitrogen and oxygen atoms in total. The van der Waals surface area contributed by atoms with Gasteiger partial charge in [-0.05, 0) is 23.3 Å². The SMILES string of the molecule is CS(=O)(=O)N(CC(=O)N1CCN(C(c2ccccc2)c2ccccc2)CC1)c1ccc(F)c(F)c1. The van der Waals surface area contributed by atoms with Gasteiger partial charge in [-0.15, -0.1) is 0 Å². The predicted octanol–water partition coefficient (Wildman–Crippen LogP) is 3.66. The molecule has 3 aromatic carbocycles. The molecule has 0 saturated carbocycles. The Hall–Kier alpha value is -3.30. The Bertz CT molecular complexity index is 1230. The number of carbonyl (C=O) groups excluding carboxylic acids is 1. The van der Waals surface area contributed by atoms with Crippen molar-refractivity contribution >= 4 is 21.6 Å². The molecule has 1 heterocycles. The largest absolute Gasteiger partial charge is 0.339 e. The molecular formula is C26H27F2N3O3S. The summed E-state index contributed by atoms with van der Waals surface area (Å²) in [6, 6.07) is 23.1. The second kappa shape index (κ2) is 10.5. The molecule has 0 spiro atoms. The first-order valence-corrected chi connectivity index (χ1v) is 13.1. The fraction of sp³-hybridized carbons (Fsp3) is 0.269. The Kier molecular flexibility index (Phi) is 7.47. The summed E-state index contributed by atoms with van der Waals surface area (Å²) in [4.78, 5) is 16.9. The average molecular weight is 500 g/mol. The highest BCUT2D eigenvalue weighted by Gasteiger charge is 2.30. The molecule has 1 amide bonds. The molecule has 0 bridgehead atoms. The second-order valence-electron chi connectivity index (χ2n) is 8.51. The Morgan fingerprint density at radius 1 is 0.857 bits per heavy atom. The molecule has 0 unspecified atom stereocenters. The predicted molar refractivity (Wildman–Crippen MR) is 131 cm³/mol. The molecule has 0 atom stereocenters. The van der Waals surface area contributed by atoms with Gasteiger partial charge in [-0.2, -0.15) is 0 Å². The van der Waals surface area contributed by atoms with E-state index in [-0.39, 0.29) is 11.7 Å². The summed E-state index contributed by atoms with van der Waals surface area (Å²) in [6.07, 6.45) is 0.934. The van der Waals surface area contributed by atoms with E-state index in [0.717, 1.165) is 39.9 Å². The van der Waals surface area contributed by atoms with E-state index in [9.17, 15) is 22.0 Å². The minimum absolute atomic E-state index is 0.0318. The molecule has 0 radical (unpaired) electrons. The Morgan fingerprint density at radius 3 is 1.89 bits per heavy atom. The monoisotopic (exact) mass is 499 g/mol. The number of halogens is 2. The van der Waals surface area contributed by atoms with Crippen LogP contribution in [0.5, 0.6) is 0 Å². The molecule has 4 rings (SSSR count). The zero-order chi connectivity index (χ0) is 25.0. The zero-order valence-electron chi connectivity index (χ0n) is 19.3. The van der Waals surface area contributed by atoms with Gasteiger partial charge in [-0.25, -0.2) is 17.2 Å². The lowest BCUT2D eigenvalue weighted by Crippen LogP contribution is -2.52. The van der Waals surface area contributed by atoms with E-state index in [4.69, 9.17) is 0 Å². The highest BCUT2D eigenvalue weighted by molar-refractivity contribution is 7.92. The van der Waals surface area contributed by atoms with Crippen LogP contribution in [0.1, 0.15) is 17.2 Å². The number of hydrogen-bond donors (Lipinski definition) is 0. The molecule has 9 heteroatoms. The Morgan fingerprint density at radius 2 is 1.40 bits per heavy atom. The normalized spacial score (nSPS) is 14.8. The number of amides is 1. The molecule has 1 aliphatic rings. The quantitative estimate of drug-likeness (QED) is 0.498. The number of hydrogen-bond acceptors (Lipinski definition) is 4. The van der Waals surface area contributed by atoms with Crippen LogP contribution in [-0.2, 0) is 14.8 Å². The molecule has 0 N–H and O–H groups in total. The molecular weight excluding hydrogens is 472 g/mol. The van der Waals surface area contributed by atoms with Gasteiger partial charge in [0.25, 0.3) is 0 Å².